The van der Waals surface area contributed by atoms with Crippen molar-refractivity contribution in [2.45, 2.75) is 37.8 Å². The van der Waals surface area contributed by atoms with Crippen molar-refractivity contribution in [3.63, 3.8) is 0 Å². The van der Waals surface area contributed by atoms with Crippen molar-refractivity contribution in [2.75, 3.05) is 7.11 Å². The monoisotopic (exact) mass is 363 g/mol. The number of nitriles is 3. The van der Waals surface area contributed by atoms with Crippen molar-refractivity contribution in [2.24, 2.45) is 22.5 Å². The smallest absolute Gasteiger partial charge is 0.244 e. The summed E-state index contributed by atoms with van der Waals surface area (Å²) in [6.07, 6.45) is 1.33. The lowest BCUT2D eigenvalue weighted by Gasteiger charge is -2.50. The fourth-order valence-corrected chi connectivity index (χ4v) is 4.85. The fraction of sp³-hybridized carbons (Fsp3) is 0.500. The van der Waals surface area contributed by atoms with E-state index in [2.05, 4.69) is 17.5 Å². The molecule has 1 aromatic rings. The molecule has 0 spiro atoms. The first-order valence-electron chi connectivity index (χ1n) is 8.87. The molecular formula is C20H21N5O2. The van der Waals surface area contributed by atoms with Crippen molar-refractivity contribution < 1.29 is 9.53 Å². The van der Waals surface area contributed by atoms with E-state index in [1.54, 1.807) is 31.4 Å². The van der Waals surface area contributed by atoms with Gasteiger partial charge in [-0.25, -0.2) is 0 Å². The standard InChI is InChI=1S/C20H21N5O2/c1-3-4-15-16(13-5-7-14(27-2)8-6-13)19(11-22,12-23)18(10-21)9-20(15,24)25-17(18)26/h5-8,15-16H,3-4,9,24H2,1-2H3,(H,25,26)/t15-,16+,18+,20+/m1/s1. The lowest BCUT2D eigenvalue weighted by atomic mass is 9.47. The zero-order chi connectivity index (χ0) is 19.9. The van der Waals surface area contributed by atoms with Crippen LogP contribution in [-0.2, 0) is 4.79 Å². The molecule has 2 aliphatic rings. The van der Waals surface area contributed by atoms with Crippen LogP contribution in [0.4, 0.5) is 0 Å². The molecule has 4 atom stereocenters. The van der Waals surface area contributed by atoms with Gasteiger partial charge in [-0.3, -0.25) is 4.79 Å². The summed E-state index contributed by atoms with van der Waals surface area (Å²) in [5.74, 6) is -1.04. The van der Waals surface area contributed by atoms with E-state index in [1.165, 1.54) is 0 Å². The highest BCUT2D eigenvalue weighted by atomic mass is 16.5. The maximum Gasteiger partial charge on any atom is 0.244 e. The van der Waals surface area contributed by atoms with Crippen molar-refractivity contribution in [3.8, 4) is 24.0 Å². The Morgan fingerprint density at radius 1 is 1.22 bits per heavy atom. The van der Waals surface area contributed by atoms with Crippen LogP contribution < -0.4 is 15.8 Å². The lowest BCUT2D eigenvalue weighted by molar-refractivity contribution is -0.128. The zero-order valence-electron chi connectivity index (χ0n) is 15.3. The Bertz CT molecular complexity index is 877. The average molecular weight is 363 g/mol. The van der Waals surface area contributed by atoms with Crippen LogP contribution in [0.3, 0.4) is 0 Å². The third kappa shape index (κ3) is 2.24. The molecule has 7 heteroatoms. The van der Waals surface area contributed by atoms with Crippen molar-refractivity contribution in [3.05, 3.63) is 29.8 Å². The van der Waals surface area contributed by atoms with Gasteiger partial charge in [-0.1, -0.05) is 25.5 Å². The number of ether oxygens (including phenoxy) is 1. The second kappa shape index (κ2) is 6.27. The Balaban J connectivity index is 2.31. The van der Waals surface area contributed by atoms with E-state index < -0.39 is 28.3 Å². The lowest BCUT2D eigenvalue weighted by Crippen LogP contribution is -2.62. The molecule has 0 unspecified atom stereocenters. The molecule has 0 radical (unpaired) electrons. The summed E-state index contributed by atoms with van der Waals surface area (Å²) in [7, 11) is 1.55. The van der Waals surface area contributed by atoms with Crippen molar-refractivity contribution in [1.82, 2.24) is 5.32 Å². The minimum absolute atomic E-state index is 0.0478. The maximum absolute atomic E-state index is 12.8. The number of carbonyl (C=O) groups is 1. The maximum atomic E-state index is 12.8. The fourth-order valence-electron chi connectivity index (χ4n) is 4.85. The molecule has 1 heterocycles. The van der Waals surface area contributed by atoms with E-state index in [1.807, 2.05) is 13.0 Å². The number of nitrogens with one attached hydrogen (secondary N) is 1. The largest absolute Gasteiger partial charge is 0.497 e. The van der Waals surface area contributed by atoms with Gasteiger partial charge in [0.1, 0.15) is 5.75 Å². The molecule has 1 aromatic carbocycles. The molecule has 0 aromatic heterocycles. The van der Waals surface area contributed by atoms with E-state index in [9.17, 15) is 20.6 Å². The second-order valence-corrected chi connectivity index (χ2v) is 7.37. The van der Waals surface area contributed by atoms with Gasteiger partial charge in [0.25, 0.3) is 0 Å². The number of nitrogens with two attached hydrogens (primary N) is 1. The van der Waals surface area contributed by atoms with Gasteiger partial charge >= 0.3 is 0 Å². The first-order chi connectivity index (χ1) is 12.9. The van der Waals surface area contributed by atoms with Crippen LogP contribution in [0.2, 0.25) is 0 Å². The molecular weight excluding hydrogens is 342 g/mol. The number of hydrogen-bond acceptors (Lipinski definition) is 6. The summed E-state index contributed by atoms with van der Waals surface area (Å²) in [6.45, 7) is 1.98. The highest BCUT2D eigenvalue weighted by Gasteiger charge is 2.76. The number of benzene rings is 1. The van der Waals surface area contributed by atoms with Crippen LogP contribution >= 0.6 is 0 Å². The highest BCUT2D eigenvalue weighted by molar-refractivity contribution is 5.92. The van der Waals surface area contributed by atoms with Crippen LogP contribution in [0.15, 0.2) is 24.3 Å². The molecule has 1 saturated heterocycles. The third-order valence-corrected chi connectivity index (χ3v) is 6.11. The van der Waals surface area contributed by atoms with Gasteiger partial charge in [0.2, 0.25) is 5.91 Å². The first-order valence-corrected chi connectivity index (χ1v) is 8.87. The van der Waals surface area contributed by atoms with Gasteiger partial charge in [-0.15, -0.1) is 0 Å². The van der Waals surface area contributed by atoms with E-state index in [0.29, 0.717) is 17.7 Å². The van der Waals surface area contributed by atoms with Crippen LogP contribution in [-0.4, -0.2) is 18.7 Å². The number of nitrogens with zero attached hydrogens (tertiary/aromatic N) is 3. The quantitative estimate of drug-likeness (QED) is 0.839. The minimum Gasteiger partial charge on any atom is -0.497 e. The predicted octanol–water partition coefficient (Wildman–Crippen LogP) is 1.93. The van der Waals surface area contributed by atoms with Gasteiger partial charge in [-0.2, -0.15) is 15.8 Å². The Hall–Kier alpha value is -3.08. The van der Waals surface area contributed by atoms with Gasteiger partial charge in [0, 0.05) is 18.3 Å². The molecule has 1 amide bonds. The number of rotatable bonds is 4. The van der Waals surface area contributed by atoms with Crippen molar-refractivity contribution >= 4 is 5.91 Å². The Morgan fingerprint density at radius 2 is 1.85 bits per heavy atom. The molecule has 3 N–H and O–H groups in total. The van der Waals surface area contributed by atoms with E-state index in [4.69, 9.17) is 10.5 Å². The minimum atomic E-state index is -1.83. The molecule has 1 saturated carbocycles. The molecule has 7 nitrogen and oxygen atoms in total. The Kier molecular flexibility index (Phi) is 4.34. The van der Waals surface area contributed by atoms with Gasteiger partial charge in [-0.05, 0) is 24.1 Å². The molecule has 138 valence electrons. The number of hydrogen-bond donors (Lipinski definition) is 2. The summed E-state index contributed by atoms with van der Waals surface area (Å²) >= 11 is 0. The Morgan fingerprint density at radius 3 is 2.33 bits per heavy atom. The van der Waals surface area contributed by atoms with E-state index in [-0.39, 0.29) is 12.3 Å². The number of carbonyl (C=O) groups excluding carboxylic acids is 1. The molecule has 27 heavy (non-hydrogen) atoms. The van der Waals surface area contributed by atoms with Crippen LogP contribution in [0.5, 0.6) is 5.75 Å². The van der Waals surface area contributed by atoms with Gasteiger partial charge in [0.15, 0.2) is 10.8 Å². The Labute approximate surface area is 158 Å². The van der Waals surface area contributed by atoms with Gasteiger partial charge in [0.05, 0.1) is 31.0 Å². The SMILES string of the molecule is CCC[C@@H]1[C@H](c2ccc(OC)cc2)C(C#N)(C#N)[C@]2(C#N)C[C@]1(N)NC2=O. The van der Waals surface area contributed by atoms with E-state index in [0.717, 1.165) is 6.42 Å². The summed E-state index contributed by atoms with van der Waals surface area (Å²) < 4.78 is 5.19. The predicted molar refractivity (Wildman–Crippen MR) is 95.5 cm³/mol. The van der Waals surface area contributed by atoms with Crippen molar-refractivity contribution in [1.29, 1.82) is 15.8 Å². The normalized spacial score (nSPS) is 33.3. The summed E-state index contributed by atoms with van der Waals surface area (Å²) in [5.41, 5.74) is 2.49. The zero-order valence-corrected chi connectivity index (χ0v) is 15.3. The van der Waals surface area contributed by atoms with Gasteiger partial charge < -0.3 is 15.8 Å². The number of methoxy groups -OCH3 is 1. The molecule has 3 rings (SSSR count). The summed E-state index contributed by atoms with van der Waals surface area (Å²) in [4.78, 5) is 12.8. The molecule has 1 aliphatic carbocycles. The van der Waals surface area contributed by atoms with Crippen LogP contribution in [0, 0.1) is 50.7 Å². The molecule has 2 bridgehead atoms. The average Bonchev–Trinajstić information content (AvgIpc) is 2.94. The number of fused-ring (bicyclic) bond motifs is 2. The molecule has 1 aliphatic heterocycles. The topological polar surface area (TPSA) is 136 Å². The summed E-state index contributed by atoms with van der Waals surface area (Å²) in [6, 6.07) is 13.2. The first kappa shape index (κ1) is 18.7. The van der Waals surface area contributed by atoms with Crippen LogP contribution in [0.25, 0.3) is 0 Å². The number of amides is 1. The summed E-state index contributed by atoms with van der Waals surface area (Å²) in [5, 5.41) is 32.9. The third-order valence-electron chi connectivity index (χ3n) is 6.11. The van der Waals surface area contributed by atoms with E-state index >= 15 is 0 Å². The second-order valence-electron chi connectivity index (χ2n) is 7.37. The molecule has 2 fully saturated rings. The highest BCUT2D eigenvalue weighted by Crippen LogP contribution is 2.64. The van der Waals surface area contributed by atoms with Crippen LogP contribution in [0.1, 0.15) is 37.7 Å².